The molecule has 2 nitrogen and oxygen atoms in total. The molecule has 0 fully saturated rings. The molecule has 0 spiro atoms. The lowest BCUT2D eigenvalue weighted by Crippen LogP contribution is -1.99. The van der Waals surface area contributed by atoms with E-state index in [1.165, 1.54) is 21.5 Å². The number of hydrogen-bond acceptors (Lipinski definition) is 2. The van der Waals surface area contributed by atoms with Crippen molar-refractivity contribution in [2.24, 2.45) is 4.99 Å². The van der Waals surface area contributed by atoms with Gasteiger partial charge in [0.25, 0.3) is 0 Å². The van der Waals surface area contributed by atoms with Crippen LogP contribution >= 0.6 is 11.6 Å². The monoisotopic (exact) mass is 369 g/mol. The van der Waals surface area contributed by atoms with E-state index >= 15 is 0 Å². The molecule has 0 heterocycles. The second-order valence-corrected chi connectivity index (χ2v) is 6.91. The number of benzene rings is 5. The van der Waals surface area contributed by atoms with E-state index in [-0.39, 0.29) is 0 Å². The minimum atomic E-state index is 0.427. The van der Waals surface area contributed by atoms with Crippen molar-refractivity contribution in [3.8, 4) is 5.75 Å². The van der Waals surface area contributed by atoms with Gasteiger partial charge in [-0.1, -0.05) is 72.3 Å². The molecule has 0 aliphatic rings. The van der Waals surface area contributed by atoms with Crippen LogP contribution in [0.25, 0.3) is 32.3 Å². The number of methoxy groups -OCH3 is 1. The number of para-hydroxylation sites is 1. The van der Waals surface area contributed by atoms with Gasteiger partial charge >= 0.3 is 0 Å². The summed E-state index contributed by atoms with van der Waals surface area (Å²) in [4.78, 5) is 4.62. The normalized spacial score (nSPS) is 12.3. The molecule has 3 heteroatoms. The van der Waals surface area contributed by atoms with E-state index in [4.69, 9.17) is 16.3 Å². The van der Waals surface area contributed by atoms with Crippen LogP contribution < -0.4 is 4.74 Å². The molecule has 5 rings (SSSR count). The minimum Gasteiger partial charge on any atom is -0.496 e. The molecule has 0 saturated carbocycles. The van der Waals surface area contributed by atoms with E-state index < -0.39 is 0 Å². The van der Waals surface area contributed by atoms with Crippen LogP contribution in [0.15, 0.2) is 83.9 Å². The van der Waals surface area contributed by atoms with Gasteiger partial charge < -0.3 is 4.74 Å². The molecule has 0 bridgehead atoms. The smallest absolute Gasteiger partial charge is 0.141 e. The van der Waals surface area contributed by atoms with Gasteiger partial charge in [0.15, 0.2) is 0 Å². The Morgan fingerprint density at radius 1 is 0.778 bits per heavy atom. The average Bonchev–Trinajstić information content (AvgIpc) is 2.72. The van der Waals surface area contributed by atoms with Crippen LogP contribution in [-0.2, 0) is 0 Å². The largest absolute Gasteiger partial charge is 0.496 e. The van der Waals surface area contributed by atoms with Gasteiger partial charge in [0.2, 0.25) is 0 Å². The number of aliphatic imine (C=N–C) groups is 1. The highest BCUT2D eigenvalue weighted by Gasteiger charge is 2.18. The van der Waals surface area contributed by atoms with Crippen LogP contribution in [0.2, 0.25) is 0 Å². The third-order valence-corrected chi connectivity index (χ3v) is 5.29. The molecule has 0 saturated heterocycles. The molecular weight excluding hydrogens is 354 g/mol. The summed E-state index contributed by atoms with van der Waals surface area (Å²) in [6.07, 6.45) is 0. The topological polar surface area (TPSA) is 21.6 Å². The number of hydrogen-bond donors (Lipinski definition) is 0. The first kappa shape index (κ1) is 16.1. The maximum absolute atomic E-state index is 6.72. The van der Waals surface area contributed by atoms with Crippen molar-refractivity contribution in [2.75, 3.05) is 7.11 Å². The zero-order chi connectivity index (χ0) is 18.4. The Morgan fingerprint density at radius 3 is 2.22 bits per heavy atom. The van der Waals surface area contributed by atoms with Crippen LogP contribution in [-0.4, -0.2) is 12.3 Å². The Kier molecular flexibility index (Phi) is 3.73. The van der Waals surface area contributed by atoms with Crippen molar-refractivity contribution in [1.82, 2.24) is 0 Å². The van der Waals surface area contributed by atoms with E-state index in [9.17, 15) is 0 Å². The van der Waals surface area contributed by atoms with Gasteiger partial charge in [0.05, 0.1) is 18.4 Å². The summed E-state index contributed by atoms with van der Waals surface area (Å²) in [6, 6.07) is 26.7. The molecule has 0 unspecified atom stereocenters. The van der Waals surface area contributed by atoms with Gasteiger partial charge in [-0.3, -0.25) is 0 Å². The Morgan fingerprint density at radius 2 is 1.48 bits per heavy atom. The van der Waals surface area contributed by atoms with Crippen LogP contribution in [0.3, 0.4) is 0 Å². The third-order valence-electron chi connectivity index (χ3n) is 5.02. The van der Waals surface area contributed by atoms with Crippen molar-refractivity contribution in [2.45, 2.75) is 0 Å². The van der Waals surface area contributed by atoms with Gasteiger partial charge in [0, 0.05) is 0 Å². The molecule has 5 aromatic rings. The molecule has 130 valence electrons. The Balaban J connectivity index is 1.89. The van der Waals surface area contributed by atoms with E-state index in [0.717, 1.165) is 27.8 Å². The van der Waals surface area contributed by atoms with Gasteiger partial charge in [-0.15, -0.1) is 0 Å². The summed E-state index contributed by atoms with van der Waals surface area (Å²) < 4.78 is 5.69. The fraction of sp³-hybridized carbons (Fsp3) is 0.0417. The molecule has 0 amide bonds. The lowest BCUT2D eigenvalue weighted by molar-refractivity contribution is 0.415. The summed E-state index contributed by atoms with van der Waals surface area (Å²) in [7, 11) is 1.67. The highest BCUT2D eigenvalue weighted by atomic mass is 35.5. The summed E-state index contributed by atoms with van der Waals surface area (Å²) >= 11 is 6.72. The minimum absolute atomic E-state index is 0.427. The van der Waals surface area contributed by atoms with E-state index in [1.807, 2.05) is 36.4 Å². The SMILES string of the molecule is COc1cc2ccc3cccc4ccc(c1C(Cl)=Nc1ccccc1)c2c34. The molecule has 0 aromatic heterocycles. The van der Waals surface area contributed by atoms with Gasteiger partial charge in [-0.2, -0.15) is 0 Å². The number of ether oxygens (including phenoxy) is 1. The highest BCUT2D eigenvalue weighted by molar-refractivity contribution is 6.71. The number of rotatable bonds is 3. The molecule has 0 aliphatic carbocycles. The van der Waals surface area contributed by atoms with E-state index in [2.05, 4.69) is 47.5 Å². The lowest BCUT2D eigenvalue weighted by atomic mass is 9.91. The summed E-state index contributed by atoms with van der Waals surface area (Å²) in [5, 5.41) is 7.51. The van der Waals surface area contributed by atoms with Gasteiger partial charge in [0.1, 0.15) is 10.9 Å². The third kappa shape index (κ3) is 2.53. The predicted octanol–water partition coefficient (Wildman–Crippen LogP) is 6.91. The molecule has 27 heavy (non-hydrogen) atoms. The van der Waals surface area contributed by atoms with E-state index in [1.54, 1.807) is 7.11 Å². The maximum Gasteiger partial charge on any atom is 0.141 e. The molecule has 0 N–H and O–H groups in total. The van der Waals surface area contributed by atoms with Crippen molar-refractivity contribution in [3.63, 3.8) is 0 Å². The summed E-state index contributed by atoms with van der Waals surface area (Å²) in [5.41, 5.74) is 1.64. The quantitative estimate of drug-likeness (QED) is 0.250. The molecule has 5 aromatic carbocycles. The van der Waals surface area contributed by atoms with E-state index in [0.29, 0.717) is 5.17 Å². The zero-order valence-corrected chi connectivity index (χ0v) is 15.5. The fourth-order valence-corrected chi connectivity index (χ4v) is 4.12. The molecule has 0 radical (unpaired) electrons. The maximum atomic E-state index is 6.72. The standard InChI is InChI=1S/C24H16ClNO/c1-27-20-14-17-11-10-15-6-5-7-16-12-13-19(22(17)21(15)16)23(20)24(25)26-18-8-3-2-4-9-18/h2-14H,1H3. The second-order valence-electron chi connectivity index (χ2n) is 6.55. The predicted molar refractivity (Wildman–Crippen MR) is 115 cm³/mol. The van der Waals surface area contributed by atoms with Gasteiger partial charge in [-0.05, 0) is 50.5 Å². The summed E-state index contributed by atoms with van der Waals surface area (Å²) in [6.45, 7) is 0. The Labute approximate surface area is 162 Å². The molecular formula is C24H16ClNO. The summed E-state index contributed by atoms with van der Waals surface area (Å²) in [5.74, 6) is 0.727. The number of nitrogens with zero attached hydrogens (tertiary/aromatic N) is 1. The lowest BCUT2D eigenvalue weighted by Gasteiger charge is -2.16. The van der Waals surface area contributed by atoms with Gasteiger partial charge in [-0.25, -0.2) is 4.99 Å². The van der Waals surface area contributed by atoms with Crippen LogP contribution in [0.5, 0.6) is 5.75 Å². The van der Waals surface area contributed by atoms with Crippen molar-refractivity contribution in [3.05, 3.63) is 84.4 Å². The second kappa shape index (κ2) is 6.26. The number of halogens is 1. The Hall–Kier alpha value is -3.10. The first-order valence-corrected chi connectivity index (χ1v) is 9.18. The van der Waals surface area contributed by atoms with Crippen molar-refractivity contribution >= 4 is 54.8 Å². The first-order chi connectivity index (χ1) is 13.3. The van der Waals surface area contributed by atoms with Crippen LogP contribution in [0, 0.1) is 0 Å². The van der Waals surface area contributed by atoms with Crippen molar-refractivity contribution in [1.29, 1.82) is 0 Å². The average molecular weight is 370 g/mol. The molecule has 0 aliphatic heterocycles. The first-order valence-electron chi connectivity index (χ1n) is 8.80. The highest BCUT2D eigenvalue weighted by Crippen LogP contribution is 2.40. The Bertz CT molecular complexity index is 1290. The van der Waals surface area contributed by atoms with Crippen molar-refractivity contribution < 1.29 is 4.74 Å². The molecule has 0 atom stereocenters. The zero-order valence-electron chi connectivity index (χ0n) is 14.7. The fourth-order valence-electron chi connectivity index (χ4n) is 3.83. The van der Waals surface area contributed by atoms with Crippen LogP contribution in [0.4, 0.5) is 5.69 Å². The van der Waals surface area contributed by atoms with Crippen LogP contribution in [0.1, 0.15) is 5.56 Å².